The number of aromatic carboxylic acids is 1. The Morgan fingerprint density at radius 2 is 1.67 bits per heavy atom. The number of thioether (sulfide) groups is 1. The van der Waals surface area contributed by atoms with Gasteiger partial charge in [-0.15, -0.1) is 0 Å². The van der Waals surface area contributed by atoms with Gasteiger partial charge in [0, 0.05) is 29.1 Å². The lowest BCUT2D eigenvalue weighted by Gasteiger charge is -2.28. The summed E-state index contributed by atoms with van der Waals surface area (Å²) in [5.41, 5.74) is -5.80. The normalized spacial score (nSPS) is 16.5. The first-order chi connectivity index (χ1) is 21.2. The molecule has 10 nitrogen and oxygen atoms in total. The number of allylic oxidation sites excluding steroid dienone is 1. The van der Waals surface area contributed by atoms with Crippen molar-refractivity contribution in [1.82, 2.24) is 5.32 Å². The van der Waals surface area contributed by atoms with E-state index in [0.717, 1.165) is 36.0 Å². The topological polar surface area (TPSA) is 148 Å². The van der Waals surface area contributed by atoms with Gasteiger partial charge >= 0.3 is 11.5 Å². The molecule has 1 aliphatic rings. The largest absolute Gasteiger partial charge is 0.501 e. The predicted octanol–water partition coefficient (Wildman–Crippen LogP) is 6.40. The third-order valence-corrected chi connectivity index (χ3v) is 9.10. The number of sulfone groups is 1. The van der Waals surface area contributed by atoms with Gasteiger partial charge in [-0.1, -0.05) is 30.0 Å². The van der Waals surface area contributed by atoms with E-state index < -0.39 is 54.5 Å². The van der Waals surface area contributed by atoms with Gasteiger partial charge in [0.05, 0.1) is 23.1 Å². The van der Waals surface area contributed by atoms with Crippen LogP contribution in [0.4, 0.5) is 28.0 Å². The van der Waals surface area contributed by atoms with E-state index in [1.54, 1.807) is 12.2 Å². The molecule has 3 N–H and O–H groups in total. The third kappa shape index (κ3) is 7.94. The Bertz CT molecular complexity index is 1750. The average molecular weight is 669 g/mol. The molecule has 1 unspecified atom stereocenters. The van der Waals surface area contributed by atoms with Crippen LogP contribution < -0.4 is 20.1 Å². The monoisotopic (exact) mass is 668 g/mol. The maximum atomic E-state index is 14.8. The number of amides is 2. The number of carboxylic acid groups (broad SMARTS) is 1. The van der Waals surface area contributed by atoms with Gasteiger partial charge in [0.15, 0.2) is 11.6 Å². The Morgan fingerprint density at radius 3 is 2.31 bits per heavy atom. The fourth-order valence-corrected chi connectivity index (χ4v) is 6.04. The van der Waals surface area contributed by atoms with Crippen LogP contribution in [0.15, 0.2) is 77.7 Å². The molecule has 1 aliphatic carbocycles. The number of ether oxygens (including phenoxy) is 2. The first-order valence-corrected chi connectivity index (χ1v) is 15.3. The number of hydrogen-bond donors (Lipinski definition) is 3. The zero-order valence-electron chi connectivity index (χ0n) is 23.1. The molecule has 0 fully saturated rings. The molecule has 3 aromatic carbocycles. The highest BCUT2D eigenvalue weighted by Crippen LogP contribution is 2.34. The number of carboxylic acids is 1. The van der Waals surface area contributed by atoms with E-state index in [9.17, 15) is 40.4 Å². The van der Waals surface area contributed by atoms with Crippen molar-refractivity contribution >= 4 is 44.4 Å². The maximum Gasteiger partial charge on any atom is 0.501 e. The Balaban J connectivity index is 1.47. The molecule has 45 heavy (non-hydrogen) atoms. The number of benzene rings is 3. The Morgan fingerprint density at radius 1 is 0.978 bits per heavy atom. The van der Waals surface area contributed by atoms with Gasteiger partial charge in [-0.25, -0.2) is 17.6 Å². The zero-order valence-corrected chi connectivity index (χ0v) is 24.8. The van der Waals surface area contributed by atoms with Crippen LogP contribution in [0.1, 0.15) is 33.6 Å². The summed E-state index contributed by atoms with van der Waals surface area (Å²) >= 11 is 0.755. The number of alkyl halides is 3. The number of carbonyl (C=O) groups excluding carboxylic acids is 2. The van der Waals surface area contributed by atoms with Crippen LogP contribution in [0, 0.1) is 5.82 Å². The highest BCUT2D eigenvalue weighted by atomic mass is 32.2. The van der Waals surface area contributed by atoms with Crippen LogP contribution in [0.2, 0.25) is 0 Å². The van der Waals surface area contributed by atoms with Crippen LogP contribution in [-0.2, 0) is 9.84 Å². The molecule has 2 amide bonds. The standard InChI is InChI=1S/C29H24F4N2O8S2/c1-42-23-15-21(30)24(43-18-11-9-16(10-12-18)27(37)38)14-20(23)26(36)35-22-7-2-3-8-25(22)44-28(39)34-17-5-4-6-19(13-17)45(40,41)29(31,32)33/h2-6,9-15,22,25H,7-8H2,1H3,(H,34,39)(H,35,36)(H,37,38)/t22-,25?/m1/s1. The van der Waals surface area contributed by atoms with Crippen molar-refractivity contribution in [2.24, 2.45) is 0 Å². The van der Waals surface area contributed by atoms with E-state index in [1.165, 1.54) is 37.4 Å². The fourth-order valence-electron chi connectivity index (χ4n) is 4.23. The smallest absolute Gasteiger partial charge is 0.496 e. The quantitative estimate of drug-likeness (QED) is 0.174. The van der Waals surface area contributed by atoms with Crippen molar-refractivity contribution < 1.29 is 54.9 Å². The summed E-state index contributed by atoms with van der Waals surface area (Å²) in [4.78, 5) is 36.2. The predicted molar refractivity (Wildman–Crippen MR) is 156 cm³/mol. The van der Waals surface area contributed by atoms with E-state index in [4.69, 9.17) is 14.6 Å². The minimum Gasteiger partial charge on any atom is -0.496 e. The summed E-state index contributed by atoms with van der Waals surface area (Å²) in [6.07, 6.45) is 4.19. The molecule has 0 spiro atoms. The van der Waals surface area contributed by atoms with Crippen molar-refractivity contribution in [3.8, 4) is 17.2 Å². The number of carbonyl (C=O) groups is 3. The number of rotatable bonds is 9. The minimum absolute atomic E-state index is 0.0109. The van der Waals surface area contributed by atoms with E-state index in [0.29, 0.717) is 18.9 Å². The molecule has 0 bridgehead atoms. The van der Waals surface area contributed by atoms with Gasteiger partial charge in [-0.05, 0) is 55.3 Å². The molecule has 0 heterocycles. The first-order valence-electron chi connectivity index (χ1n) is 12.9. The Hall–Kier alpha value is -4.57. The highest BCUT2D eigenvalue weighted by Gasteiger charge is 2.47. The second-order valence-corrected chi connectivity index (χ2v) is 12.6. The summed E-state index contributed by atoms with van der Waals surface area (Å²) in [6.45, 7) is 0. The fraction of sp³-hybridized carbons (Fsp3) is 0.207. The number of hydrogen-bond acceptors (Lipinski definition) is 8. The Labute approximate surface area is 258 Å². The van der Waals surface area contributed by atoms with Crippen molar-refractivity contribution in [2.45, 2.75) is 34.5 Å². The van der Waals surface area contributed by atoms with Crippen molar-refractivity contribution in [3.05, 3.63) is 89.8 Å². The highest BCUT2D eigenvalue weighted by molar-refractivity contribution is 8.14. The molecule has 0 aliphatic heterocycles. The van der Waals surface area contributed by atoms with E-state index in [1.807, 2.05) is 0 Å². The number of methoxy groups -OCH3 is 1. The number of anilines is 1. The molecular formula is C29H24F4N2O8S2. The number of nitrogens with one attached hydrogen (secondary N) is 2. The third-order valence-electron chi connectivity index (χ3n) is 6.47. The molecule has 4 rings (SSSR count). The van der Waals surface area contributed by atoms with Crippen LogP contribution in [-0.4, -0.2) is 54.5 Å². The lowest BCUT2D eigenvalue weighted by molar-refractivity contribution is -0.0436. The first kappa shape index (κ1) is 33.3. The summed E-state index contributed by atoms with van der Waals surface area (Å²) in [5.74, 6) is -3.05. The van der Waals surface area contributed by atoms with Gasteiger partial charge < -0.3 is 25.2 Å². The lowest BCUT2D eigenvalue weighted by atomic mass is 10.0. The van der Waals surface area contributed by atoms with E-state index >= 15 is 0 Å². The van der Waals surface area contributed by atoms with Crippen molar-refractivity contribution in [3.63, 3.8) is 0 Å². The summed E-state index contributed by atoms with van der Waals surface area (Å²) in [5, 5.41) is 13.0. The summed E-state index contributed by atoms with van der Waals surface area (Å²) < 4.78 is 87.8. The van der Waals surface area contributed by atoms with Crippen LogP contribution >= 0.6 is 11.8 Å². The summed E-state index contributed by atoms with van der Waals surface area (Å²) in [6, 6.07) is 10.3. The molecule has 2 atom stereocenters. The van der Waals surface area contributed by atoms with E-state index in [-0.39, 0.29) is 34.1 Å². The molecule has 0 aromatic heterocycles. The lowest BCUT2D eigenvalue weighted by Crippen LogP contribution is -2.43. The maximum absolute atomic E-state index is 14.8. The molecule has 0 radical (unpaired) electrons. The van der Waals surface area contributed by atoms with Gasteiger partial charge in [-0.2, -0.15) is 13.2 Å². The van der Waals surface area contributed by atoms with Crippen molar-refractivity contribution in [2.75, 3.05) is 12.4 Å². The molecular weight excluding hydrogens is 644 g/mol. The minimum atomic E-state index is -5.62. The molecule has 16 heteroatoms. The molecule has 3 aromatic rings. The van der Waals surface area contributed by atoms with Gasteiger partial charge in [0.1, 0.15) is 11.5 Å². The average Bonchev–Trinajstić information content (AvgIpc) is 2.98. The van der Waals surface area contributed by atoms with Crippen LogP contribution in [0.25, 0.3) is 0 Å². The second-order valence-electron chi connectivity index (χ2n) is 9.48. The van der Waals surface area contributed by atoms with Gasteiger partial charge in [0.25, 0.3) is 21.0 Å². The number of halogens is 4. The van der Waals surface area contributed by atoms with E-state index in [2.05, 4.69) is 10.6 Å². The van der Waals surface area contributed by atoms with Gasteiger partial charge in [-0.3, -0.25) is 9.59 Å². The molecule has 238 valence electrons. The zero-order chi connectivity index (χ0) is 32.9. The SMILES string of the molecule is COc1cc(F)c(Oc2ccc(C(=O)O)cc2)cc1C(=O)N[C@@H]1CC=CCC1SC(=O)Nc1cccc(S(=O)(=O)C(F)(F)F)c1. The van der Waals surface area contributed by atoms with Crippen LogP contribution in [0.3, 0.4) is 0 Å². The van der Waals surface area contributed by atoms with Crippen molar-refractivity contribution in [1.29, 1.82) is 0 Å². The molecule has 0 saturated heterocycles. The van der Waals surface area contributed by atoms with Gasteiger partial charge in [0.2, 0.25) is 0 Å². The van der Waals surface area contributed by atoms with Crippen LogP contribution in [0.5, 0.6) is 17.2 Å². The summed E-state index contributed by atoms with van der Waals surface area (Å²) in [7, 11) is -4.39. The molecule has 0 saturated carbocycles. The Kier molecular flexibility index (Phi) is 10.1. The second kappa shape index (κ2) is 13.6.